The number of amides is 1. The molecule has 0 aliphatic carbocycles. The number of hydrogen-bond acceptors (Lipinski definition) is 4. The van der Waals surface area contributed by atoms with Crippen LogP contribution in [-0.4, -0.2) is 22.6 Å². The number of hydrogen-bond donors (Lipinski definition) is 0. The number of benzene rings is 1. The van der Waals surface area contributed by atoms with Crippen LogP contribution >= 0.6 is 11.6 Å². The lowest BCUT2D eigenvalue weighted by atomic mass is 10.2. The van der Waals surface area contributed by atoms with Crippen molar-refractivity contribution in [1.29, 1.82) is 0 Å². The van der Waals surface area contributed by atoms with Crippen LogP contribution in [0.1, 0.15) is 19.4 Å². The topological polar surface area (TPSA) is 55.3 Å². The molecule has 1 aromatic carbocycles. The number of carbonyl (C=O) groups is 1. The average molecular weight is 320 g/mol. The Morgan fingerprint density at radius 2 is 2.00 bits per heavy atom. The van der Waals surface area contributed by atoms with E-state index >= 15 is 0 Å². The van der Waals surface area contributed by atoms with Gasteiger partial charge in [0.05, 0.1) is 12.4 Å². The van der Waals surface area contributed by atoms with E-state index in [0.29, 0.717) is 12.4 Å². The van der Waals surface area contributed by atoms with Crippen LogP contribution in [0.25, 0.3) is 0 Å². The summed E-state index contributed by atoms with van der Waals surface area (Å²) in [6.07, 6.45) is 2.46. The van der Waals surface area contributed by atoms with Crippen LogP contribution in [0.2, 0.25) is 5.15 Å². The van der Waals surface area contributed by atoms with Gasteiger partial charge < -0.3 is 4.74 Å². The summed E-state index contributed by atoms with van der Waals surface area (Å²) in [6.45, 7) is 4.70. The fraction of sp³-hybridized carbons (Fsp3) is 0.312. The molecule has 0 saturated heterocycles. The van der Waals surface area contributed by atoms with Crippen molar-refractivity contribution in [2.24, 2.45) is 5.92 Å². The summed E-state index contributed by atoms with van der Waals surface area (Å²) in [5.41, 5.74) is 0.928. The van der Waals surface area contributed by atoms with Gasteiger partial charge in [0.25, 0.3) is 0 Å². The number of nitrogens with zero attached hydrogens (tertiary/aromatic N) is 3. The first-order valence-corrected chi connectivity index (χ1v) is 7.40. The normalized spacial score (nSPS) is 10.5. The molecular weight excluding hydrogens is 302 g/mol. The number of anilines is 1. The van der Waals surface area contributed by atoms with E-state index in [9.17, 15) is 4.79 Å². The summed E-state index contributed by atoms with van der Waals surface area (Å²) in [5.74, 6) is 0.643. The second-order valence-electron chi connectivity index (χ2n) is 5.24. The Morgan fingerprint density at radius 1 is 1.27 bits per heavy atom. The Balaban J connectivity index is 2.09. The van der Waals surface area contributed by atoms with Crippen LogP contribution in [0.4, 0.5) is 10.6 Å². The molecule has 116 valence electrons. The highest BCUT2D eigenvalue weighted by atomic mass is 35.5. The lowest BCUT2D eigenvalue weighted by Gasteiger charge is -2.22. The molecule has 0 bridgehead atoms. The molecule has 0 fully saturated rings. The second-order valence-corrected chi connectivity index (χ2v) is 5.63. The number of rotatable bonds is 5. The fourth-order valence-electron chi connectivity index (χ4n) is 1.89. The van der Waals surface area contributed by atoms with Crippen molar-refractivity contribution >= 4 is 23.5 Å². The number of carbonyl (C=O) groups excluding carboxylic acids is 1. The van der Waals surface area contributed by atoms with Crippen molar-refractivity contribution in [2.45, 2.75) is 20.5 Å². The zero-order valence-corrected chi connectivity index (χ0v) is 13.3. The van der Waals surface area contributed by atoms with E-state index < -0.39 is 6.09 Å². The largest absolute Gasteiger partial charge is 0.444 e. The highest BCUT2D eigenvalue weighted by molar-refractivity contribution is 6.29. The summed E-state index contributed by atoms with van der Waals surface area (Å²) in [6, 6.07) is 9.52. The third-order valence-electron chi connectivity index (χ3n) is 2.84. The maximum atomic E-state index is 12.4. The monoisotopic (exact) mass is 319 g/mol. The SMILES string of the molecule is CC(C)CN(C(=O)OCc1ccccc1)c1cncc(Cl)n1. The second kappa shape index (κ2) is 7.75. The predicted octanol–water partition coefficient (Wildman–Crippen LogP) is 3.93. The summed E-state index contributed by atoms with van der Waals surface area (Å²) in [7, 11) is 0. The van der Waals surface area contributed by atoms with Gasteiger partial charge in [-0.25, -0.2) is 9.78 Å². The molecule has 0 atom stereocenters. The minimum absolute atomic E-state index is 0.211. The van der Waals surface area contributed by atoms with Gasteiger partial charge in [-0.1, -0.05) is 55.8 Å². The summed E-state index contributed by atoms with van der Waals surface area (Å²) in [4.78, 5) is 21.9. The molecule has 2 aromatic rings. The van der Waals surface area contributed by atoms with E-state index in [1.165, 1.54) is 17.3 Å². The van der Waals surface area contributed by atoms with Crippen LogP contribution in [0.3, 0.4) is 0 Å². The van der Waals surface area contributed by atoms with Crippen molar-refractivity contribution in [1.82, 2.24) is 9.97 Å². The van der Waals surface area contributed by atoms with E-state index in [1.807, 2.05) is 44.2 Å². The highest BCUT2D eigenvalue weighted by Gasteiger charge is 2.20. The fourth-order valence-corrected chi connectivity index (χ4v) is 2.03. The van der Waals surface area contributed by atoms with Gasteiger partial charge in [-0.15, -0.1) is 0 Å². The molecule has 0 spiro atoms. The van der Waals surface area contributed by atoms with Crippen LogP contribution < -0.4 is 4.90 Å². The summed E-state index contributed by atoms with van der Waals surface area (Å²) >= 11 is 5.85. The van der Waals surface area contributed by atoms with Gasteiger partial charge in [-0.3, -0.25) is 9.88 Å². The van der Waals surface area contributed by atoms with Crippen molar-refractivity contribution < 1.29 is 9.53 Å². The van der Waals surface area contributed by atoms with Gasteiger partial charge in [0.1, 0.15) is 11.8 Å². The molecule has 22 heavy (non-hydrogen) atoms. The van der Waals surface area contributed by atoms with E-state index in [-0.39, 0.29) is 17.7 Å². The van der Waals surface area contributed by atoms with E-state index in [1.54, 1.807) is 0 Å². The molecule has 0 N–H and O–H groups in total. The van der Waals surface area contributed by atoms with Crippen molar-refractivity contribution in [3.8, 4) is 0 Å². The molecule has 0 unspecified atom stereocenters. The highest BCUT2D eigenvalue weighted by Crippen LogP contribution is 2.16. The van der Waals surface area contributed by atoms with Crippen molar-refractivity contribution in [3.63, 3.8) is 0 Å². The average Bonchev–Trinajstić information content (AvgIpc) is 2.51. The van der Waals surface area contributed by atoms with Crippen LogP contribution in [0.15, 0.2) is 42.7 Å². The van der Waals surface area contributed by atoms with Gasteiger partial charge in [0.2, 0.25) is 0 Å². The molecule has 0 radical (unpaired) electrons. The molecule has 1 heterocycles. The number of halogens is 1. The maximum Gasteiger partial charge on any atom is 0.415 e. The lowest BCUT2D eigenvalue weighted by molar-refractivity contribution is 0.146. The third kappa shape index (κ3) is 4.70. The molecule has 0 aliphatic rings. The molecule has 5 nitrogen and oxygen atoms in total. The van der Waals surface area contributed by atoms with Gasteiger partial charge in [0.15, 0.2) is 5.82 Å². The Bertz CT molecular complexity index is 620. The quantitative estimate of drug-likeness (QED) is 0.838. The van der Waals surface area contributed by atoms with Gasteiger partial charge >= 0.3 is 6.09 Å². The summed E-state index contributed by atoms with van der Waals surface area (Å²) in [5, 5.41) is 0.238. The predicted molar refractivity (Wildman–Crippen MR) is 85.9 cm³/mol. The zero-order valence-electron chi connectivity index (χ0n) is 12.6. The third-order valence-corrected chi connectivity index (χ3v) is 3.02. The Labute approximate surface area is 134 Å². The number of ether oxygens (including phenoxy) is 1. The maximum absolute atomic E-state index is 12.4. The minimum atomic E-state index is -0.464. The first kappa shape index (κ1) is 16.2. The summed E-state index contributed by atoms with van der Waals surface area (Å²) < 4.78 is 5.36. The zero-order chi connectivity index (χ0) is 15.9. The molecule has 6 heteroatoms. The van der Waals surface area contributed by atoms with Crippen molar-refractivity contribution in [2.75, 3.05) is 11.4 Å². The van der Waals surface area contributed by atoms with Gasteiger partial charge in [-0.05, 0) is 11.5 Å². The Hall–Kier alpha value is -2.14. The van der Waals surface area contributed by atoms with Gasteiger partial charge in [0, 0.05) is 6.54 Å². The van der Waals surface area contributed by atoms with Gasteiger partial charge in [-0.2, -0.15) is 0 Å². The molecule has 0 saturated carbocycles. The molecule has 2 rings (SSSR count). The molecular formula is C16H18ClN3O2. The van der Waals surface area contributed by atoms with Crippen LogP contribution in [-0.2, 0) is 11.3 Å². The molecule has 0 aliphatic heterocycles. The van der Waals surface area contributed by atoms with E-state index in [4.69, 9.17) is 16.3 Å². The number of aromatic nitrogens is 2. The molecule has 1 amide bonds. The van der Waals surface area contributed by atoms with Crippen LogP contribution in [0.5, 0.6) is 0 Å². The van der Waals surface area contributed by atoms with E-state index in [2.05, 4.69) is 9.97 Å². The standard InChI is InChI=1S/C16H18ClN3O2/c1-12(2)10-20(15-9-18-8-14(17)19-15)16(21)22-11-13-6-4-3-5-7-13/h3-9,12H,10-11H2,1-2H3. The van der Waals surface area contributed by atoms with E-state index in [0.717, 1.165) is 5.56 Å². The minimum Gasteiger partial charge on any atom is -0.444 e. The van der Waals surface area contributed by atoms with Crippen LogP contribution in [0, 0.1) is 5.92 Å². The lowest BCUT2D eigenvalue weighted by Crippen LogP contribution is -2.35. The Morgan fingerprint density at radius 3 is 2.64 bits per heavy atom. The molecule has 1 aromatic heterocycles. The first-order chi connectivity index (χ1) is 10.6. The first-order valence-electron chi connectivity index (χ1n) is 7.02. The smallest absolute Gasteiger partial charge is 0.415 e. The van der Waals surface area contributed by atoms with Crippen molar-refractivity contribution in [3.05, 3.63) is 53.4 Å². The Kier molecular flexibility index (Phi) is 5.72.